The van der Waals surface area contributed by atoms with Crippen molar-refractivity contribution in [2.45, 2.75) is 13.1 Å². The first-order valence-corrected chi connectivity index (χ1v) is 10.8. The number of carbonyl (C=O) groups is 1. The van der Waals surface area contributed by atoms with Gasteiger partial charge in [-0.15, -0.1) is 0 Å². The van der Waals surface area contributed by atoms with Gasteiger partial charge in [-0.05, 0) is 43.3 Å². The predicted molar refractivity (Wildman–Crippen MR) is 123 cm³/mol. The second-order valence-corrected chi connectivity index (χ2v) is 8.39. The highest BCUT2D eigenvalue weighted by molar-refractivity contribution is 6.09. The number of aryl methyl sites for hydroxylation is 2. The number of pyridine rings is 1. The molecule has 0 bridgehead atoms. The number of carbonyl (C=O) groups excluding carboxylic acids is 1. The van der Waals surface area contributed by atoms with Crippen LogP contribution >= 0.6 is 0 Å². The molecule has 0 atom stereocenters. The van der Waals surface area contributed by atoms with Gasteiger partial charge in [0.25, 0.3) is 0 Å². The van der Waals surface area contributed by atoms with Gasteiger partial charge in [-0.1, -0.05) is 6.07 Å². The lowest BCUT2D eigenvalue weighted by Crippen LogP contribution is -2.10. The molecular weight excluding hydrogens is 500 g/mol. The Morgan fingerprint density at radius 1 is 1.00 bits per heavy atom. The monoisotopic (exact) mass is 517 g/mol. The number of methoxy groups -OCH3 is 1. The molecule has 0 aliphatic carbocycles. The van der Waals surface area contributed by atoms with Gasteiger partial charge in [-0.2, -0.15) is 13.2 Å². The van der Waals surface area contributed by atoms with Crippen LogP contribution in [0.1, 0.15) is 27.4 Å². The van der Waals surface area contributed by atoms with Crippen LogP contribution in [0.15, 0.2) is 48.7 Å². The Morgan fingerprint density at radius 3 is 2.30 bits per heavy atom. The predicted octanol–water partition coefficient (Wildman–Crippen LogP) is 6.48. The maximum Gasteiger partial charge on any atom is 0.417 e. The number of fused-ring (bicyclic) bond motifs is 2. The van der Waals surface area contributed by atoms with Crippen molar-refractivity contribution in [1.29, 1.82) is 0 Å². The van der Waals surface area contributed by atoms with Gasteiger partial charge in [0.05, 0.1) is 29.4 Å². The Kier molecular flexibility index (Phi) is 5.54. The summed E-state index contributed by atoms with van der Waals surface area (Å²) < 4.78 is 92.1. The van der Waals surface area contributed by atoms with Gasteiger partial charge < -0.3 is 13.7 Å². The zero-order chi connectivity index (χ0) is 26.8. The van der Waals surface area contributed by atoms with E-state index in [4.69, 9.17) is 4.74 Å². The third-order valence-electron chi connectivity index (χ3n) is 6.31. The number of benzene rings is 2. The van der Waals surface area contributed by atoms with Crippen molar-refractivity contribution in [1.82, 2.24) is 14.0 Å². The van der Waals surface area contributed by atoms with Gasteiger partial charge in [0, 0.05) is 29.9 Å². The molecule has 3 heterocycles. The van der Waals surface area contributed by atoms with Gasteiger partial charge >= 0.3 is 6.18 Å². The highest BCUT2D eigenvalue weighted by Crippen LogP contribution is 2.47. The molecule has 5 nitrogen and oxygen atoms in total. The van der Waals surface area contributed by atoms with Crippen molar-refractivity contribution in [3.8, 4) is 16.9 Å². The Labute approximate surface area is 205 Å². The highest BCUT2D eigenvalue weighted by Gasteiger charge is 2.38. The van der Waals surface area contributed by atoms with E-state index in [-0.39, 0.29) is 39.1 Å². The zero-order valence-corrected chi connectivity index (χ0v) is 19.5. The van der Waals surface area contributed by atoms with E-state index in [2.05, 4.69) is 4.98 Å². The molecule has 0 saturated heterocycles. The van der Waals surface area contributed by atoms with Crippen molar-refractivity contribution in [3.05, 3.63) is 88.8 Å². The maximum atomic E-state index is 14.3. The normalized spacial score (nSPS) is 12.0. The van der Waals surface area contributed by atoms with Gasteiger partial charge in [0.1, 0.15) is 11.3 Å². The van der Waals surface area contributed by atoms with Gasteiger partial charge in [0.2, 0.25) is 5.78 Å². The van der Waals surface area contributed by atoms with Crippen LogP contribution in [0.2, 0.25) is 0 Å². The van der Waals surface area contributed by atoms with E-state index in [9.17, 15) is 31.1 Å². The average molecular weight is 517 g/mol. The summed E-state index contributed by atoms with van der Waals surface area (Å²) in [5, 5.41) is 0. The van der Waals surface area contributed by atoms with Crippen LogP contribution in [0.25, 0.3) is 27.7 Å². The summed E-state index contributed by atoms with van der Waals surface area (Å²) in [6.45, 7) is 1.65. The number of hydrogen-bond donors (Lipinski definition) is 0. The second-order valence-electron chi connectivity index (χ2n) is 8.39. The van der Waals surface area contributed by atoms with E-state index in [1.807, 2.05) is 0 Å². The van der Waals surface area contributed by atoms with Crippen LogP contribution in [0, 0.1) is 24.4 Å². The number of ether oxygens (including phenoxy) is 1. The van der Waals surface area contributed by atoms with Crippen LogP contribution in [-0.4, -0.2) is 26.8 Å². The number of imidazole rings is 1. The summed E-state index contributed by atoms with van der Waals surface area (Å²) in [7, 11) is 2.84. The summed E-state index contributed by atoms with van der Waals surface area (Å²) in [4.78, 5) is 17.4. The van der Waals surface area contributed by atoms with E-state index < -0.39 is 40.5 Å². The molecule has 0 N–H and O–H groups in total. The van der Waals surface area contributed by atoms with E-state index in [0.29, 0.717) is 18.0 Å². The minimum absolute atomic E-state index is 0.0902. The molecule has 5 rings (SSSR count). The summed E-state index contributed by atoms with van der Waals surface area (Å²) in [5.41, 5.74) is -1.05. The lowest BCUT2D eigenvalue weighted by Gasteiger charge is -2.18. The molecule has 3 aromatic heterocycles. The van der Waals surface area contributed by atoms with E-state index in [1.165, 1.54) is 46.5 Å². The third kappa shape index (κ3) is 3.73. The molecule has 0 amide bonds. The number of ketones is 1. The van der Waals surface area contributed by atoms with Crippen molar-refractivity contribution in [2.24, 2.45) is 7.05 Å². The number of rotatable bonds is 4. The lowest BCUT2D eigenvalue weighted by molar-refractivity contribution is -0.137. The van der Waals surface area contributed by atoms with Crippen molar-refractivity contribution in [3.63, 3.8) is 0 Å². The quantitative estimate of drug-likeness (QED) is 0.156. The first-order valence-electron chi connectivity index (χ1n) is 10.8. The fourth-order valence-electron chi connectivity index (χ4n) is 4.47. The van der Waals surface area contributed by atoms with Gasteiger partial charge in [-0.3, -0.25) is 4.79 Å². The van der Waals surface area contributed by atoms with Crippen molar-refractivity contribution < 1.29 is 35.9 Å². The summed E-state index contributed by atoms with van der Waals surface area (Å²) in [6.07, 6.45) is -3.35. The minimum atomic E-state index is -4.77. The summed E-state index contributed by atoms with van der Waals surface area (Å²) in [5.74, 6) is -5.27. The smallest absolute Gasteiger partial charge is 0.417 e. The van der Waals surface area contributed by atoms with Crippen LogP contribution in [0.5, 0.6) is 5.75 Å². The Morgan fingerprint density at radius 2 is 1.68 bits per heavy atom. The largest absolute Gasteiger partial charge is 0.494 e. The topological polar surface area (TPSA) is 48.5 Å². The Bertz CT molecular complexity index is 1710. The highest BCUT2D eigenvalue weighted by atomic mass is 19.4. The Hall–Kier alpha value is -4.28. The minimum Gasteiger partial charge on any atom is -0.494 e. The molecule has 0 saturated carbocycles. The van der Waals surface area contributed by atoms with E-state index >= 15 is 0 Å². The molecule has 0 unspecified atom stereocenters. The standard InChI is InChI=1S/C26H17F6N3O2/c1-12-33-23-20(34(12)2)11-15(26(30,31)32)21(25(23)37-3)14-5-4-8-35-18(14)6-7-19(35)24(36)13-9-16(27)22(29)17(28)10-13/h4-11H,1-3H3. The lowest BCUT2D eigenvalue weighted by atomic mass is 9.96. The van der Waals surface area contributed by atoms with Crippen LogP contribution < -0.4 is 4.74 Å². The number of alkyl halides is 3. The van der Waals surface area contributed by atoms with E-state index in [0.717, 1.165) is 6.07 Å². The van der Waals surface area contributed by atoms with Crippen LogP contribution in [0.3, 0.4) is 0 Å². The first-order chi connectivity index (χ1) is 17.4. The maximum absolute atomic E-state index is 14.3. The fraction of sp³-hybridized carbons (Fsp3) is 0.154. The molecule has 11 heteroatoms. The van der Waals surface area contributed by atoms with Crippen molar-refractivity contribution in [2.75, 3.05) is 7.11 Å². The summed E-state index contributed by atoms with van der Waals surface area (Å²) in [6, 6.07) is 7.71. The van der Waals surface area contributed by atoms with E-state index in [1.54, 1.807) is 14.0 Å². The van der Waals surface area contributed by atoms with Crippen LogP contribution in [-0.2, 0) is 13.2 Å². The molecule has 2 aromatic carbocycles. The first kappa shape index (κ1) is 24.4. The van der Waals surface area contributed by atoms with Gasteiger partial charge in [0.15, 0.2) is 23.2 Å². The molecule has 190 valence electrons. The molecule has 0 spiro atoms. The van der Waals surface area contributed by atoms with Gasteiger partial charge in [-0.25, -0.2) is 18.2 Å². The van der Waals surface area contributed by atoms with Crippen molar-refractivity contribution >= 4 is 22.3 Å². The second kappa shape index (κ2) is 8.39. The molecule has 0 fully saturated rings. The zero-order valence-electron chi connectivity index (χ0n) is 19.5. The molecule has 37 heavy (non-hydrogen) atoms. The molecule has 0 aliphatic rings. The third-order valence-corrected chi connectivity index (χ3v) is 6.31. The molecular formula is C26H17F6N3O2. The van der Waals surface area contributed by atoms with Crippen LogP contribution in [0.4, 0.5) is 26.3 Å². The molecule has 0 radical (unpaired) electrons. The SMILES string of the molecule is COc1c(-c2cccn3c(C(=O)c4cc(F)c(F)c(F)c4)ccc23)c(C(F)(F)F)cc2c1nc(C)n2C. The number of aromatic nitrogens is 3. The number of nitrogens with zero attached hydrogens (tertiary/aromatic N) is 3. The number of hydrogen-bond acceptors (Lipinski definition) is 3. The average Bonchev–Trinajstić information content (AvgIpc) is 3.40. The number of halogens is 6. The Balaban J connectivity index is 1.79. The molecule has 0 aliphatic heterocycles. The summed E-state index contributed by atoms with van der Waals surface area (Å²) >= 11 is 0. The molecule has 5 aromatic rings. The fourth-order valence-corrected chi connectivity index (χ4v) is 4.47.